The Balaban J connectivity index is 1.98. The zero-order valence-electron chi connectivity index (χ0n) is 11.2. The molecule has 0 aliphatic carbocycles. The van der Waals surface area contributed by atoms with Crippen LogP contribution in [0.15, 0.2) is 52.6 Å². The van der Waals surface area contributed by atoms with Crippen LogP contribution in [0.25, 0.3) is 5.57 Å². The first kappa shape index (κ1) is 14.7. The fourth-order valence-corrected chi connectivity index (χ4v) is 2.48. The number of rotatable bonds is 3. The van der Waals surface area contributed by atoms with E-state index in [2.05, 4.69) is 21.2 Å². The first-order chi connectivity index (χ1) is 10.5. The zero-order valence-corrected chi connectivity index (χ0v) is 12.8. The molecule has 0 fully saturated rings. The molecule has 1 N–H and O–H groups in total. The molecule has 1 heterocycles. The number of anilines is 1. The third-order valence-electron chi connectivity index (χ3n) is 3.14. The van der Waals surface area contributed by atoms with E-state index >= 15 is 0 Å². The van der Waals surface area contributed by atoms with Gasteiger partial charge in [-0.2, -0.15) is 0 Å². The molecule has 1 aliphatic heterocycles. The Kier molecular flexibility index (Phi) is 3.94. The lowest BCUT2D eigenvalue weighted by Crippen LogP contribution is -2.04. The average Bonchev–Trinajstić information content (AvgIpc) is 2.80. The van der Waals surface area contributed by atoms with Gasteiger partial charge in [-0.3, -0.25) is 0 Å². The van der Waals surface area contributed by atoms with Gasteiger partial charge in [0.25, 0.3) is 0 Å². The summed E-state index contributed by atoms with van der Waals surface area (Å²) in [5.74, 6) is -1.86. The predicted molar refractivity (Wildman–Crippen MR) is 82.0 cm³/mol. The van der Waals surface area contributed by atoms with Crippen LogP contribution in [0.2, 0.25) is 0 Å². The van der Waals surface area contributed by atoms with Crippen molar-refractivity contribution in [3.63, 3.8) is 0 Å². The lowest BCUT2D eigenvalue weighted by atomic mass is 10.1. The fraction of sp³-hybridized carbons (Fsp3) is 0.0625. The number of carbonyl (C=O) groups is 1. The number of benzene rings is 2. The molecule has 0 atom stereocenters. The monoisotopic (exact) mass is 365 g/mol. The van der Waals surface area contributed by atoms with Crippen molar-refractivity contribution >= 4 is 33.2 Å². The van der Waals surface area contributed by atoms with E-state index in [1.54, 1.807) is 24.3 Å². The van der Waals surface area contributed by atoms with Gasteiger partial charge in [0.2, 0.25) is 0 Å². The van der Waals surface area contributed by atoms with Gasteiger partial charge in [-0.1, -0.05) is 28.1 Å². The summed E-state index contributed by atoms with van der Waals surface area (Å²) in [5, 5.41) is 2.86. The second kappa shape index (κ2) is 5.88. The summed E-state index contributed by atoms with van der Waals surface area (Å²) in [5.41, 5.74) is 1.72. The van der Waals surface area contributed by atoms with Crippen LogP contribution in [0, 0.1) is 11.6 Å². The van der Waals surface area contributed by atoms with Crippen molar-refractivity contribution in [1.82, 2.24) is 0 Å². The number of hydrogen-bond donors (Lipinski definition) is 1. The Morgan fingerprint density at radius 2 is 1.68 bits per heavy atom. The molecule has 0 saturated heterocycles. The fourth-order valence-electron chi connectivity index (χ4n) is 2.21. The highest BCUT2D eigenvalue weighted by Crippen LogP contribution is 2.28. The minimum Gasteiger partial charge on any atom is -0.456 e. The molecule has 3 rings (SSSR count). The van der Waals surface area contributed by atoms with E-state index in [0.29, 0.717) is 16.8 Å². The number of hydrogen-bond acceptors (Lipinski definition) is 3. The van der Waals surface area contributed by atoms with E-state index in [1.165, 1.54) is 0 Å². The second-order valence-corrected chi connectivity index (χ2v) is 5.64. The molecule has 6 heteroatoms. The smallest absolute Gasteiger partial charge is 0.341 e. The Labute approximate surface area is 133 Å². The van der Waals surface area contributed by atoms with Gasteiger partial charge in [0.1, 0.15) is 18.2 Å². The Morgan fingerprint density at radius 1 is 1.05 bits per heavy atom. The van der Waals surface area contributed by atoms with Crippen molar-refractivity contribution in [2.75, 3.05) is 11.9 Å². The van der Waals surface area contributed by atoms with Gasteiger partial charge in [0.15, 0.2) is 0 Å². The third kappa shape index (κ3) is 3.01. The van der Waals surface area contributed by atoms with E-state index < -0.39 is 17.6 Å². The van der Waals surface area contributed by atoms with Crippen LogP contribution in [-0.4, -0.2) is 12.6 Å². The molecule has 0 spiro atoms. The van der Waals surface area contributed by atoms with Gasteiger partial charge in [-0.25, -0.2) is 13.6 Å². The molecule has 2 aromatic carbocycles. The molecule has 0 amide bonds. The van der Waals surface area contributed by atoms with E-state index in [4.69, 9.17) is 4.74 Å². The molecule has 0 aromatic heterocycles. The first-order valence-corrected chi connectivity index (χ1v) is 7.21. The number of carbonyl (C=O) groups excluding carboxylic acids is 1. The molecule has 3 nitrogen and oxygen atoms in total. The van der Waals surface area contributed by atoms with Crippen molar-refractivity contribution in [2.24, 2.45) is 0 Å². The van der Waals surface area contributed by atoms with Crippen molar-refractivity contribution in [3.8, 4) is 0 Å². The SMILES string of the molecule is O=C1OCC(Nc2cc(F)cc(F)c2)=C1c1ccc(Br)cc1. The van der Waals surface area contributed by atoms with E-state index in [9.17, 15) is 13.6 Å². The molecule has 112 valence electrons. The van der Waals surface area contributed by atoms with Gasteiger partial charge in [0.05, 0.1) is 11.3 Å². The van der Waals surface area contributed by atoms with E-state index in [-0.39, 0.29) is 12.3 Å². The highest BCUT2D eigenvalue weighted by Gasteiger charge is 2.26. The zero-order chi connectivity index (χ0) is 15.7. The van der Waals surface area contributed by atoms with E-state index in [1.807, 2.05) is 0 Å². The molecule has 0 radical (unpaired) electrons. The molecule has 2 aromatic rings. The maximum absolute atomic E-state index is 13.2. The Hall–Kier alpha value is -2.21. The quantitative estimate of drug-likeness (QED) is 0.831. The van der Waals surface area contributed by atoms with Crippen LogP contribution in [0.5, 0.6) is 0 Å². The summed E-state index contributed by atoms with van der Waals surface area (Å²) in [6.07, 6.45) is 0. The maximum atomic E-state index is 13.2. The molecular weight excluding hydrogens is 356 g/mol. The van der Waals surface area contributed by atoms with Crippen LogP contribution >= 0.6 is 15.9 Å². The van der Waals surface area contributed by atoms with Crippen molar-refractivity contribution in [2.45, 2.75) is 0 Å². The minimum atomic E-state index is -0.696. The minimum absolute atomic E-state index is 0.0301. The normalized spacial score (nSPS) is 14.2. The second-order valence-electron chi connectivity index (χ2n) is 4.72. The highest BCUT2D eigenvalue weighted by molar-refractivity contribution is 9.10. The maximum Gasteiger partial charge on any atom is 0.341 e. The van der Waals surface area contributed by atoms with E-state index in [0.717, 1.165) is 22.7 Å². The number of ether oxygens (including phenoxy) is 1. The molecular formula is C16H10BrF2NO2. The van der Waals surface area contributed by atoms with Gasteiger partial charge in [0, 0.05) is 16.2 Å². The summed E-state index contributed by atoms with van der Waals surface area (Å²) in [4.78, 5) is 11.9. The summed E-state index contributed by atoms with van der Waals surface area (Å²) in [6.45, 7) is 0.0301. The summed E-state index contributed by atoms with van der Waals surface area (Å²) in [7, 11) is 0. The number of cyclic esters (lactones) is 1. The average molecular weight is 366 g/mol. The largest absolute Gasteiger partial charge is 0.456 e. The predicted octanol–water partition coefficient (Wildman–Crippen LogP) is 4.11. The van der Waals surface area contributed by atoms with Crippen molar-refractivity contribution < 1.29 is 18.3 Å². The molecule has 0 unspecified atom stereocenters. The molecule has 22 heavy (non-hydrogen) atoms. The van der Waals surface area contributed by atoms with Gasteiger partial charge >= 0.3 is 5.97 Å². The lowest BCUT2D eigenvalue weighted by molar-refractivity contribution is -0.134. The summed E-state index contributed by atoms with van der Waals surface area (Å²) >= 11 is 3.32. The van der Waals surface area contributed by atoms with Crippen LogP contribution in [0.4, 0.5) is 14.5 Å². The van der Waals surface area contributed by atoms with Crippen LogP contribution < -0.4 is 5.32 Å². The number of halogens is 3. The molecule has 0 saturated carbocycles. The number of esters is 1. The lowest BCUT2D eigenvalue weighted by Gasteiger charge is -2.08. The summed E-state index contributed by atoms with van der Waals surface area (Å²) in [6, 6.07) is 10.2. The van der Waals surface area contributed by atoms with Crippen LogP contribution in [-0.2, 0) is 9.53 Å². The summed E-state index contributed by atoms with van der Waals surface area (Å²) < 4.78 is 32.4. The van der Waals surface area contributed by atoms with Gasteiger partial charge in [-0.05, 0) is 29.8 Å². The van der Waals surface area contributed by atoms with Gasteiger partial charge < -0.3 is 10.1 Å². The van der Waals surface area contributed by atoms with Gasteiger partial charge in [-0.15, -0.1) is 0 Å². The molecule has 1 aliphatic rings. The van der Waals surface area contributed by atoms with Crippen molar-refractivity contribution in [1.29, 1.82) is 0 Å². The third-order valence-corrected chi connectivity index (χ3v) is 3.67. The van der Waals surface area contributed by atoms with Crippen LogP contribution in [0.3, 0.4) is 0 Å². The molecule has 0 bridgehead atoms. The number of nitrogens with one attached hydrogen (secondary N) is 1. The van der Waals surface area contributed by atoms with Crippen LogP contribution in [0.1, 0.15) is 5.56 Å². The standard InChI is InChI=1S/C16H10BrF2NO2/c17-10-3-1-9(2-4-10)15-14(8-22-16(15)21)20-13-6-11(18)5-12(19)7-13/h1-7,20H,8H2. The Morgan fingerprint density at radius 3 is 2.32 bits per heavy atom. The Bertz CT molecular complexity index is 752. The first-order valence-electron chi connectivity index (χ1n) is 6.42. The highest BCUT2D eigenvalue weighted by atomic mass is 79.9. The van der Waals surface area contributed by atoms with Crippen molar-refractivity contribution in [3.05, 3.63) is 69.8 Å². The topological polar surface area (TPSA) is 38.3 Å².